The SMILES string of the molecule is Cc1cc(C#N)cc([N+](=O)[O-])c1. The number of nitro benzene ring substituents is 1. The Balaban J connectivity index is 3.26. The molecule has 0 aliphatic heterocycles. The van der Waals surface area contributed by atoms with Gasteiger partial charge in [0.15, 0.2) is 0 Å². The van der Waals surface area contributed by atoms with E-state index in [2.05, 4.69) is 0 Å². The van der Waals surface area contributed by atoms with E-state index in [-0.39, 0.29) is 5.69 Å². The highest BCUT2D eigenvalue weighted by atomic mass is 16.6. The van der Waals surface area contributed by atoms with Gasteiger partial charge in [0.25, 0.3) is 5.69 Å². The van der Waals surface area contributed by atoms with Gasteiger partial charge in [-0.05, 0) is 18.6 Å². The fourth-order valence-electron chi connectivity index (χ4n) is 0.933. The third kappa shape index (κ3) is 1.58. The summed E-state index contributed by atoms with van der Waals surface area (Å²) < 4.78 is 0. The molecule has 0 radical (unpaired) electrons. The average molecular weight is 162 g/mol. The van der Waals surface area contributed by atoms with Crippen molar-refractivity contribution in [3.63, 3.8) is 0 Å². The van der Waals surface area contributed by atoms with Crippen molar-refractivity contribution in [1.82, 2.24) is 0 Å². The van der Waals surface area contributed by atoms with Crippen LogP contribution in [-0.4, -0.2) is 4.92 Å². The third-order valence-electron chi connectivity index (χ3n) is 1.40. The molecule has 0 fully saturated rings. The molecular formula is C8H6N2O2. The van der Waals surface area contributed by atoms with Gasteiger partial charge in [-0.1, -0.05) is 0 Å². The number of nitrogens with zero attached hydrogens (tertiary/aromatic N) is 2. The smallest absolute Gasteiger partial charge is 0.258 e. The molecule has 0 unspecified atom stereocenters. The second-order valence-corrected chi connectivity index (χ2v) is 2.43. The van der Waals surface area contributed by atoms with E-state index in [1.54, 1.807) is 13.0 Å². The van der Waals surface area contributed by atoms with Crippen LogP contribution in [0.3, 0.4) is 0 Å². The van der Waals surface area contributed by atoms with Crippen LogP contribution in [-0.2, 0) is 0 Å². The van der Waals surface area contributed by atoms with Crippen molar-refractivity contribution in [1.29, 1.82) is 5.26 Å². The summed E-state index contributed by atoms with van der Waals surface area (Å²) in [5.74, 6) is 0. The largest absolute Gasteiger partial charge is 0.271 e. The predicted molar refractivity (Wildman–Crippen MR) is 42.5 cm³/mol. The van der Waals surface area contributed by atoms with Crippen LogP contribution < -0.4 is 0 Å². The number of hydrogen-bond donors (Lipinski definition) is 0. The van der Waals surface area contributed by atoms with Gasteiger partial charge in [0.1, 0.15) is 0 Å². The van der Waals surface area contributed by atoms with Gasteiger partial charge in [-0.3, -0.25) is 10.1 Å². The van der Waals surface area contributed by atoms with Crippen LogP contribution in [0.5, 0.6) is 0 Å². The van der Waals surface area contributed by atoms with E-state index in [1.165, 1.54) is 12.1 Å². The molecule has 4 nitrogen and oxygen atoms in total. The number of benzene rings is 1. The van der Waals surface area contributed by atoms with E-state index >= 15 is 0 Å². The molecule has 0 saturated carbocycles. The second kappa shape index (κ2) is 3.01. The summed E-state index contributed by atoms with van der Waals surface area (Å²) in [5, 5.41) is 18.8. The van der Waals surface area contributed by atoms with Gasteiger partial charge in [0, 0.05) is 12.1 Å². The minimum absolute atomic E-state index is 0.0356. The van der Waals surface area contributed by atoms with Crippen LogP contribution in [0.25, 0.3) is 0 Å². The van der Waals surface area contributed by atoms with Crippen molar-refractivity contribution in [2.45, 2.75) is 6.92 Å². The van der Waals surface area contributed by atoms with Crippen LogP contribution in [0.4, 0.5) is 5.69 Å². The Hall–Kier alpha value is -1.89. The maximum absolute atomic E-state index is 10.3. The molecule has 4 heteroatoms. The first-order chi connectivity index (χ1) is 5.63. The fourth-order valence-corrected chi connectivity index (χ4v) is 0.933. The van der Waals surface area contributed by atoms with Crippen LogP contribution in [0, 0.1) is 28.4 Å². The van der Waals surface area contributed by atoms with Crippen LogP contribution in [0.2, 0.25) is 0 Å². The van der Waals surface area contributed by atoms with E-state index in [0.717, 1.165) is 5.56 Å². The van der Waals surface area contributed by atoms with Crippen molar-refractivity contribution in [3.05, 3.63) is 39.4 Å². The molecule has 0 aliphatic rings. The number of hydrogen-bond acceptors (Lipinski definition) is 3. The van der Waals surface area contributed by atoms with Crippen LogP contribution >= 0.6 is 0 Å². The summed E-state index contributed by atoms with van der Waals surface area (Å²) in [5.41, 5.74) is 1.01. The highest BCUT2D eigenvalue weighted by Crippen LogP contribution is 2.15. The molecule has 1 aromatic rings. The molecule has 12 heavy (non-hydrogen) atoms. The summed E-state index contributed by atoms with van der Waals surface area (Å²) in [6.45, 7) is 1.72. The van der Waals surface area contributed by atoms with Gasteiger partial charge in [-0.25, -0.2) is 0 Å². The zero-order valence-electron chi connectivity index (χ0n) is 6.44. The summed E-state index contributed by atoms with van der Waals surface area (Å²) in [4.78, 5) is 9.81. The highest BCUT2D eigenvalue weighted by molar-refractivity contribution is 5.43. The monoisotopic (exact) mass is 162 g/mol. The molecule has 0 N–H and O–H groups in total. The number of rotatable bonds is 1. The van der Waals surface area contributed by atoms with E-state index in [4.69, 9.17) is 5.26 Å². The van der Waals surface area contributed by atoms with Crippen molar-refractivity contribution in [3.8, 4) is 6.07 Å². The second-order valence-electron chi connectivity index (χ2n) is 2.43. The predicted octanol–water partition coefficient (Wildman–Crippen LogP) is 1.77. The first kappa shape index (κ1) is 8.21. The minimum atomic E-state index is -0.506. The summed E-state index contributed by atoms with van der Waals surface area (Å²) in [7, 11) is 0. The minimum Gasteiger partial charge on any atom is -0.258 e. The lowest BCUT2D eigenvalue weighted by atomic mass is 10.1. The lowest BCUT2D eigenvalue weighted by Crippen LogP contribution is -1.89. The van der Waals surface area contributed by atoms with Gasteiger partial charge >= 0.3 is 0 Å². The van der Waals surface area contributed by atoms with E-state index in [9.17, 15) is 10.1 Å². The summed E-state index contributed by atoms with van der Waals surface area (Å²) in [6.07, 6.45) is 0. The van der Waals surface area contributed by atoms with Gasteiger partial charge in [-0.2, -0.15) is 5.26 Å². The number of nitro groups is 1. The van der Waals surface area contributed by atoms with Crippen molar-refractivity contribution < 1.29 is 4.92 Å². The Morgan fingerprint density at radius 3 is 2.67 bits per heavy atom. The topological polar surface area (TPSA) is 66.9 Å². The van der Waals surface area contributed by atoms with Crippen LogP contribution in [0.15, 0.2) is 18.2 Å². The Labute approximate surface area is 69.2 Å². The average Bonchev–Trinajstić information content (AvgIpc) is 2.03. The zero-order valence-corrected chi connectivity index (χ0v) is 6.44. The lowest BCUT2D eigenvalue weighted by Gasteiger charge is -1.94. The van der Waals surface area contributed by atoms with E-state index in [0.29, 0.717) is 5.56 Å². The molecule has 0 aliphatic carbocycles. The molecule has 1 rings (SSSR count). The molecule has 0 bridgehead atoms. The number of nitriles is 1. The fraction of sp³-hybridized carbons (Fsp3) is 0.125. The van der Waals surface area contributed by atoms with Gasteiger partial charge in [-0.15, -0.1) is 0 Å². The van der Waals surface area contributed by atoms with Crippen molar-refractivity contribution in [2.24, 2.45) is 0 Å². The third-order valence-corrected chi connectivity index (χ3v) is 1.40. The van der Waals surface area contributed by atoms with Gasteiger partial charge in [0.2, 0.25) is 0 Å². The number of non-ortho nitro benzene ring substituents is 1. The molecule has 0 saturated heterocycles. The maximum atomic E-state index is 10.3. The molecular weight excluding hydrogens is 156 g/mol. The molecule has 0 heterocycles. The normalized spacial score (nSPS) is 9.00. The van der Waals surface area contributed by atoms with Crippen molar-refractivity contribution >= 4 is 5.69 Å². The Bertz CT molecular complexity index is 366. The zero-order chi connectivity index (χ0) is 9.14. The summed E-state index contributed by atoms with van der Waals surface area (Å²) in [6, 6.07) is 6.15. The standard InChI is InChI=1S/C8H6N2O2/c1-6-2-7(5-9)4-8(3-6)10(11)12/h2-4H,1H3. The molecule has 1 aromatic carbocycles. The Morgan fingerprint density at radius 1 is 1.50 bits per heavy atom. The first-order valence-corrected chi connectivity index (χ1v) is 3.29. The van der Waals surface area contributed by atoms with Gasteiger partial charge < -0.3 is 0 Å². The molecule has 0 atom stereocenters. The Kier molecular flexibility index (Phi) is 2.06. The first-order valence-electron chi connectivity index (χ1n) is 3.29. The molecule has 0 amide bonds. The molecule has 0 spiro atoms. The lowest BCUT2D eigenvalue weighted by molar-refractivity contribution is -0.384. The highest BCUT2D eigenvalue weighted by Gasteiger charge is 2.06. The van der Waals surface area contributed by atoms with Gasteiger partial charge in [0.05, 0.1) is 16.6 Å². The molecule has 0 aromatic heterocycles. The number of aryl methyl sites for hydroxylation is 1. The van der Waals surface area contributed by atoms with Crippen LogP contribution in [0.1, 0.15) is 11.1 Å². The Morgan fingerprint density at radius 2 is 2.17 bits per heavy atom. The van der Waals surface area contributed by atoms with E-state index < -0.39 is 4.92 Å². The quantitative estimate of drug-likeness (QED) is 0.466. The summed E-state index contributed by atoms with van der Waals surface area (Å²) >= 11 is 0. The maximum Gasteiger partial charge on any atom is 0.271 e. The van der Waals surface area contributed by atoms with E-state index in [1.807, 2.05) is 6.07 Å². The molecule has 60 valence electrons. The van der Waals surface area contributed by atoms with Crippen molar-refractivity contribution in [2.75, 3.05) is 0 Å².